The summed E-state index contributed by atoms with van der Waals surface area (Å²) >= 11 is 1.59. The molecule has 1 aliphatic rings. The summed E-state index contributed by atoms with van der Waals surface area (Å²) in [5.41, 5.74) is 3.59. The lowest BCUT2D eigenvalue weighted by Crippen LogP contribution is -2.42. The largest absolute Gasteiger partial charge is 0.378 e. The Morgan fingerprint density at radius 1 is 1.17 bits per heavy atom. The van der Waals surface area contributed by atoms with Crippen molar-refractivity contribution in [3.8, 4) is 0 Å². The van der Waals surface area contributed by atoms with Crippen LogP contribution < -0.4 is 10.2 Å². The number of likely N-dealkylation sites (tertiary alicyclic amines) is 1. The Kier molecular flexibility index (Phi) is 9.27. The minimum atomic E-state index is -0.102. The molecule has 0 radical (unpaired) electrons. The Labute approximate surface area is 217 Å². The molecular formula is C27H34N6O2S. The summed E-state index contributed by atoms with van der Waals surface area (Å²) in [5, 5.41) is 3.67. The second-order valence-electron chi connectivity index (χ2n) is 9.11. The number of aromatic nitrogens is 3. The number of methoxy groups -OCH3 is 1. The van der Waals surface area contributed by atoms with Gasteiger partial charge in [0.25, 0.3) is 5.91 Å². The van der Waals surface area contributed by atoms with E-state index in [1.54, 1.807) is 31.3 Å². The highest BCUT2D eigenvalue weighted by Crippen LogP contribution is 2.26. The summed E-state index contributed by atoms with van der Waals surface area (Å²) in [7, 11) is 5.99. The van der Waals surface area contributed by atoms with Crippen molar-refractivity contribution in [2.45, 2.75) is 42.9 Å². The van der Waals surface area contributed by atoms with Gasteiger partial charge in [-0.15, -0.1) is 0 Å². The first-order valence-corrected chi connectivity index (χ1v) is 13.2. The molecule has 1 N–H and O–H groups in total. The molecule has 36 heavy (non-hydrogen) atoms. The highest BCUT2D eigenvalue weighted by Gasteiger charge is 2.22. The zero-order valence-electron chi connectivity index (χ0n) is 21.2. The number of amides is 1. The highest BCUT2D eigenvalue weighted by atomic mass is 32.2. The molecule has 9 heteroatoms. The predicted octanol–water partition coefficient (Wildman–Crippen LogP) is 3.77. The second kappa shape index (κ2) is 12.8. The van der Waals surface area contributed by atoms with Crippen LogP contribution >= 0.6 is 11.8 Å². The lowest BCUT2D eigenvalue weighted by atomic mass is 10.0. The number of piperidine rings is 1. The monoisotopic (exact) mass is 506 g/mol. The molecule has 2 aromatic heterocycles. The van der Waals surface area contributed by atoms with Crippen LogP contribution in [0.5, 0.6) is 0 Å². The van der Waals surface area contributed by atoms with E-state index in [2.05, 4.69) is 34.2 Å². The first-order valence-electron chi connectivity index (χ1n) is 12.2. The van der Waals surface area contributed by atoms with Gasteiger partial charge in [0.05, 0.1) is 12.3 Å². The van der Waals surface area contributed by atoms with Gasteiger partial charge in [-0.25, -0.2) is 9.97 Å². The van der Waals surface area contributed by atoms with Gasteiger partial charge in [-0.1, -0.05) is 30.0 Å². The number of pyridine rings is 1. The smallest absolute Gasteiger partial charge is 0.251 e. The fraction of sp³-hybridized carbons (Fsp3) is 0.407. The van der Waals surface area contributed by atoms with Crippen molar-refractivity contribution in [2.24, 2.45) is 0 Å². The number of carbonyl (C=O) groups excluding carboxylic acids is 1. The van der Waals surface area contributed by atoms with Crippen molar-refractivity contribution in [1.29, 1.82) is 0 Å². The molecule has 1 amide bonds. The molecule has 8 nitrogen and oxygen atoms in total. The molecule has 1 fully saturated rings. The number of hydrogen-bond donors (Lipinski definition) is 1. The van der Waals surface area contributed by atoms with Gasteiger partial charge < -0.3 is 19.9 Å². The topological polar surface area (TPSA) is 83.5 Å². The summed E-state index contributed by atoms with van der Waals surface area (Å²) in [4.78, 5) is 30.8. The molecule has 0 aliphatic carbocycles. The van der Waals surface area contributed by atoms with Crippen LogP contribution in [-0.4, -0.2) is 66.1 Å². The van der Waals surface area contributed by atoms with E-state index in [-0.39, 0.29) is 5.91 Å². The fourth-order valence-electron chi connectivity index (χ4n) is 4.18. The minimum absolute atomic E-state index is 0.102. The summed E-state index contributed by atoms with van der Waals surface area (Å²) in [6.07, 6.45) is 5.72. The van der Waals surface area contributed by atoms with Gasteiger partial charge in [0, 0.05) is 56.5 Å². The number of hydrogen-bond acceptors (Lipinski definition) is 8. The average Bonchev–Trinajstić information content (AvgIpc) is 2.91. The molecule has 1 saturated heterocycles. The molecule has 0 unspecified atom stereocenters. The van der Waals surface area contributed by atoms with Gasteiger partial charge in [0.1, 0.15) is 5.82 Å². The van der Waals surface area contributed by atoms with E-state index >= 15 is 0 Å². The first-order chi connectivity index (χ1) is 17.5. The van der Waals surface area contributed by atoms with Gasteiger partial charge >= 0.3 is 0 Å². The maximum atomic E-state index is 12.5. The molecule has 0 saturated carbocycles. The maximum absolute atomic E-state index is 12.5. The molecule has 1 aliphatic heterocycles. The average molecular weight is 507 g/mol. The van der Waals surface area contributed by atoms with Crippen molar-refractivity contribution in [1.82, 2.24) is 25.2 Å². The van der Waals surface area contributed by atoms with Crippen LogP contribution in [0.15, 0.2) is 60.0 Å². The third-order valence-electron chi connectivity index (χ3n) is 6.39. The Bertz CT molecular complexity index is 1120. The third kappa shape index (κ3) is 7.25. The van der Waals surface area contributed by atoms with E-state index in [0.717, 1.165) is 53.7 Å². The van der Waals surface area contributed by atoms with Gasteiger partial charge in [-0.3, -0.25) is 9.78 Å². The van der Waals surface area contributed by atoms with E-state index in [1.165, 1.54) is 0 Å². The van der Waals surface area contributed by atoms with Crippen LogP contribution in [0.3, 0.4) is 0 Å². The summed E-state index contributed by atoms with van der Waals surface area (Å²) < 4.78 is 5.36. The summed E-state index contributed by atoms with van der Waals surface area (Å²) in [6, 6.07) is 14.0. The van der Waals surface area contributed by atoms with Crippen LogP contribution in [0.2, 0.25) is 0 Å². The normalized spacial score (nSPS) is 14.5. The quantitative estimate of drug-likeness (QED) is 0.329. The molecule has 4 rings (SSSR count). The molecule has 1 aromatic carbocycles. The number of ether oxygens (including phenoxy) is 1. The summed E-state index contributed by atoms with van der Waals surface area (Å²) in [5.74, 6) is 1.55. The lowest BCUT2D eigenvalue weighted by Gasteiger charge is -2.35. The maximum Gasteiger partial charge on any atom is 0.251 e. The van der Waals surface area contributed by atoms with Gasteiger partial charge in [0.2, 0.25) is 0 Å². The van der Waals surface area contributed by atoms with Crippen LogP contribution in [0.1, 0.15) is 40.0 Å². The predicted molar refractivity (Wildman–Crippen MR) is 143 cm³/mol. The number of carbonyl (C=O) groups is 1. The molecular weight excluding hydrogens is 472 g/mol. The van der Waals surface area contributed by atoms with Gasteiger partial charge in [0.15, 0.2) is 5.16 Å². The van der Waals surface area contributed by atoms with Crippen LogP contribution in [0.4, 0.5) is 5.82 Å². The first kappa shape index (κ1) is 26.1. The number of rotatable bonds is 10. The van der Waals surface area contributed by atoms with E-state index in [9.17, 15) is 4.79 Å². The van der Waals surface area contributed by atoms with Gasteiger partial charge in [-0.05, 0) is 62.3 Å². The van der Waals surface area contributed by atoms with Crippen LogP contribution in [0.25, 0.3) is 0 Å². The Balaban J connectivity index is 1.37. The lowest BCUT2D eigenvalue weighted by molar-refractivity contribution is 0.0951. The second-order valence-corrected chi connectivity index (χ2v) is 10.1. The zero-order chi connectivity index (χ0) is 25.3. The minimum Gasteiger partial charge on any atom is -0.378 e. The number of anilines is 1. The molecule has 0 atom stereocenters. The van der Waals surface area contributed by atoms with E-state index in [0.29, 0.717) is 30.5 Å². The standard InChI is InChI=1S/C27H34N6O2S/c1-32-13-10-24(11-14-32)33(2)25-15-23(18-35-3)30-27(31-25)36-19-20-6-8-22(9-7-20)26(34)29-17-21-5-4-12-28-16-21/h4-9,12,15-16,24H,10-11,13-14,17-19H2,1-3H3,(H,29,34). The Hall–Kier alpha value is -3.01. The molecule has 3 heterocycles. The molecule has 3 aromatic rings. The van der Waals surface area contributed by atoms with Crippen molar-refractivity contribution >= 4 is 23.5 Å². The number of benzene rings is 1. The van der Waals surface area contributed by atoms with E-state index < -0.39 is 0 Å². The van der Waals surface area contributed by atoms with Crippen LogP contribution in [-0.2, 0) is 23.6 Å². The zero-order valence-corrected chi connectivity index (χ0v) is 22.0. The molecule has 0 bridgehead atoms. The number of nitrogens with zero attached hydrogens (tertiary/aromatic N) is 5. The molecule has 0 spiro atoms. The Morgan fingerprint density at radius 2 is 1.94 bits per heavy atom. The van der Waals surface area contributed by atoms with Crippen molar-refractivity contribution < 1.29 is 9.53 Å². The van der Waals surface area contributed by atoms with E-state index in [4.69, 9.17) is 14.7 Å². The van der Waals surface area contributed by atoms with Crippen molar-refractivity contribution in [3.05, 3.63) is 77.2 Å². The SMILES string of the molecule is COCc1cc(N(C)C2CCN(C)CC2)nc(SCc2ccc(C(=O)NCc3cccnc3)cc2)n1. The van der Waals surface area contributed by atoms with Crippen molar-refractivity contribution in [3.63, 3.8) is 0 Å². The Morgan fingerprint density at radius 3 is 2.64 bits per heavy atom. The number of nitrogens with one attached hydrogen (secondary N) is 1. The molecule has 190 valence electrons. The van der Waals surface area contributed by atoms with Gasteiger partial charge in [-0.2, -0.15) is 0 Å². The highest BCUT2D eigenvalue weighted by molar-refractivity contribution is 7.98. The van der Waals surface area contributed by atoms with Crippen LogP contribution in [0, 0.1) is 0 Å². The fourth-order valence-corrected chi connectivity index (χ4v) is 5.01. The third-order valence-corrected chi connectivity index (χ3v) is 7.31. The number of thioether (sulfide) groups is 1. The van der Waals surface area contributed by atoms with E-state index in [1.807, 2.05) is 42.5 Å². The summed E-state index contributed by atoms with van der Waals surface area (Å²) in [6.45, 7) is 3.11. The van der Waals surface area contributed by atoms with Crippen molar-refractivity contribution in [2.75, 3.05) is 39.2 Å².